The first kappa shape index (κ1) is 8.68. The van der Waals surface area contributed by atoms with E-state index in [-0.39, 0.29) is 30.2 Å². The van der Waals surface area contributed by atoms with E-state index in [4.69, 9.17) is 14.2 Å². The van der Waals surface area contributed by atoms with Gasteiger partial charge in [-0.1, -0.05) is 0 Å². The van der Waals surface area contributed by atoms with Gasteiger partial charge in [-0.3, -0.25) is 4.79 Å². The highest BCUT2D eigenvalue weighted by molar-refractivity contribution is 5.75. The summed E-state index contributed by atoms with van der Waals surface area (Å²) in [5, 5.41) is 0. The van der Waals surface area contributed by atoms with Crippen LogP contribution in [0.15, 0.2) is 0 Å². The van der Waals surface area contributed by atoms with Crippen molar-refractivity contribution in [2.45, 2.75) is 50.8 Å². The predicted octanol–water partition coefficient (Wildman–Crippen LogP) is 0.842. The molecule has 14 heavy (non-hydrogen) atoms. The fourth-order valence-corrected chi connectivity index (χ4v) is 2.70. The molecule has 1 unspecified atom stereocenters. The van der Waals surface area contributed by atoms with Crippen LogP contribution in [0, 0.1) is 5.92 Å². The highest BCUT2D eigenvalue weighted by atomic mass is 16.8. The van der Waals surface area contributed by atoms with Crippen molar-refractivity contribution in [1.29, 1.82) is 0 Å². The van der Waals surface area contributed by atoms with Crippen molar-refractivity contribution in [3.8, 4) is 0 Å². The summed E-state index contributed by atoms with van der Waals surface area (Å²) in [5.41, 5.74) is 0. The van der Waals surface area contributed by atoms with Gasteiger partial charge in [0.15, 0.2) is 5.79 Å². The normalized spacial score (nSPS) is 48.9. The van der Waals surface area contributed by atoms with Gasteiger partial charge in [-0.2, -0.15) is 0 Å². The summed E-state index contributed by atoms with van der Waals surface area (Å²) in [6, 6.07) is 0. The van der Waals surface area contributed by atoms with Crippen molar-refractivity contribution < 1.29 is 19.0 Å². The van der Waals surface area contributed by atoms with E-state index >= 15 is 0 Å². The van der Waals surface area contributed by atoms with Gasteiger partial charge in [0.1, 0.15) is 12.2 Å². The van der Waals surface area contributed by atoms with Gasteiger partial charge < -0.3 is 14.2 Å². The zero-order chi connectivity index (χ0) is 9.92. The number of carbonyl (C=O) groups is 1. The Kier molecular flexibility index (Phi) is 1.55. The first-order chi connectivity index (χ1) is 6.55. The molecule has 78 valence electrons. The summed E-state index contributed by atoms with van der Waals surface area (Å²) >= 11 is 0. The summed E-state index contributed by atoms with van der Waals surface area (Å²) < 4.78 is 16.7. The number of rotatable bonds is 0. The molecule has 2 saturated heterocycles. The zero-order valence-electron chi connectivity index (χ0n) is 8.36. The Morgan fingerprint density at radius 2 is 1.93 bits per heavy atom. The number of fused-ring (bicyclic) bond motifs is 4. The molecule has 2 aliphatic heterocycles. The molecule has 1 saturated carbocycles. The first-order valence-corrected chi connectivity index (χ1v) is 5.11. The first-order valence-electron chi connectivity index (χ1n) is 5.11. The van der Waals surface area contributed by atoms with Crippen LogP contribution in [-0.2, 0) is 19.0 Å². The van der Waals surface area contributed by atoms with Gasteiger partial charge in [0.05, 0.1) is 12.0 Å². The smallest absolute Gasteiger partial charge is 0.309 e. The average molecular weight is 198 g/mol. The maximum atomic E-state index is 11.3. The van der Waals surface area contributed by atoms with Crippen LogP contribution >= 0.6 is 0 Å². The molecule has 1 aliphatic carbocycles. The Balaban J connectivity index is 1.85. The van der Waals surface area contributed by atoms with Gasteiger partial charge in [0.25, 0.3) is 0 Å². The van der Waals surface area contributed by atoms with Gasteiger partial charge in [0.2, 0.25) is 0 Å². The third-order valence-corrected chi connectivity index (χ3v) is 3.22. The molecular formula is C10H14O4. The van der Waals surface area contributed by atoms with Crippen molar-refractivity contribution in [1.82, 2.24) is 0 Å². The molecule has 2 heterocycles. The van der Waals surface area contributed by atoms with Crippen LogP contribution in [0.3, 0.4) is 0 Å². The second-order valence-corrected chi connectivity index (χ2v) is 4.78. The standard InChI is InChI=1S/C10H14O4/c1-10(2)13-7-4-5-3-6(8(7)14-10)12-9(5)11/h5-8H,3-4H2,1-2H3/t5-,6?,7+,8-/m0/s1. The minimum atomic E-state index is -0.522. The lowest BCUT2D eigenvalue weighted by atomic mass is 9.86. The monoisotopic (exact) mass is 198 g/mol. The second kappa shape index (κ2) is 2.49. The topological polar surface area (TPSA) is 44.8 Å². The number of carbonyl (C=O) groups excluding carboxylic acids is 1. The summed E-state index contributed by atoms with van der Waals surface area (Å²) in [6.07, 6.45) is 1.48. The minimum Gasteiger partial charge on any atom is -0.459 e. The molecule has 0 N–H and O–H groups in total. The van der Waals surface area contributed by atoms with E-state index in [0.717, 1.165) is 12.8 Å². The largest absolute Gasteiger partial charge is 0.459 e. The predicted molar refractivity (Wildman–Crippen MR) is 46.4 cm³/mol. The summed E-state index contributed by atoms with van der Waals surface area (Å²) in [4.78, 5) is 11.3. The molecule has 3 fully saturated rings. The SMILES string of the molecule is CC1(C)O[C@@H]2C[C@@H]3CC(OC3=O)[C@@H]2O1. The van der Waals surface area contributed by atoms with Gasteiger partial charge in [0, 0.05) is 6.42 Å². The van der Waals surface area contributed by atoms with Crippen LogP contribution in [0.25, 0.3) is 0 Å². The molecule has 0 radical (unpaired) electrons. The molecule has 0 aromatic carbocycles. The third kappa shape index (κ3) is 1.10. The van der Waals surface area contributed by atoms with E-state index in [1.54, 1.807) is 0 Å². The van der Waals surface area contributed by atoms with Gasteiger partial charge >= 0.3 is 5.97 Å². The number of esters is 1. The maximum absolute atomic E-state index is 11.3. The number of hydrogen-bond acceptors (Lipinski definition) is 4. The van der Waals surface area contributed by atoms with Crippen molar-refractivity contribution in [2.24, 2.45) is 5.92 Å². The van der Waals surface area contributed by atoms with E-state index in [1.807, 2.05) is 13.8 Å². The molecule has 0 spiro atoms. The average Bonchev–Trinajstić information content (AvgIpc) is 2.53. The van der Waals surface area contributed by atoms with Crippen LogP contribution < -0.4 is 0 Å². The molecular weight excluding hydrogens is 184 g/mol. The molecule has 4 nitrogen and oxygen atoms in total. The van der Waals surface area contributed by atoms with Gasteiger partial charge in [-0.05, 0) is 20.3 Å². The van der Waals surface area contributed by atoms with Crippen LogP contribution in [0.4, 0.5) is 0 Å². The van der Waals surface area contributed by atoms with Gasteiger partial charge in [-0.25, -0.2) is 0 Å². The fraction of sp³-hybridized carbons (Fsp3) is 0.900. The van der Waals surface area contributed by atoms with Crippen LogP contribution in [-0.4, -0.2) is 30.1 Å². The summed E-state index contributed by atoms with van der Waals surface area (Å²) in [7, 11) is 0. The Morgan fingerprint density at radius 3 is 2.71 bits per heavy atom. The molecule has 0 aromatic heterocycles. The van der Waals surface area contributed by atoms with Crippen molar-refractivity contribution in [3.05, 3.63) is 0 Å². The molecule has 2 bridgehead atoms. The van der Waals surface area contributed by atoms with E-state index in [2.05, 4.69) is 0 Å². The molecule has 4 heteroatoms. The third-order valence-electron chi connectivity index (χ3n) is 3.22. The number of ether oxygens (including phenoxy) is 3. The molecule has 0 aromatic rings. The highest BCUT2D eigenvalue weighted by Crippen LogP contribution is 2.44. The van der Waals surface area contributed by atoms with Gasteiger partial charge in [-0.15, -0.1) is 0 Å². The van der Waals surface area contributed by atoms with E-state index < -0.39 is 5.79 Å². The second-order valence-electron chi connectivity index (χ2n) is 4.78. The lowest BCUT2D eigenvalue weighted by Gasteiger charge is -2.25. The molecule has 4 atom stereocenters. The quantitative estimate of drug-likeness (QED) is 0.541. The lowest BCUT2D eigenvalue weighted by molar-refractivity contribution is -0.166. The Bertz CT molecular complexity index is 286. The fourth-order valence-electron chi connectivity index (χ4n) is 2.70. The molecule has 0 amide bonds. The van der Waals surface area contributed by atoms with Crippen molar-refractivity contribution >= 4 is 5.97 Å². The van der Waals surface area contributed by atoms with E-state index in [9.17, 15) is 4.79 Å². The summed E-state index contributed by atoms with van der Waals surface area (Å²) in [6.45, 7) is 3.81. The zero-order valence-corrected chi connectivity index (χ0v) is 8.36. The van der Waals surface area contributed by atoms with Crippen LogP contribution in [0.1, 0.15) is 26.7 Å². The Labute approximate surface area is 82.5 Å². The molecule has 3 aliphatic rings. The Hall–Kier alpha value is -0.610. The number of hydrogen-bond donors (Lipinski definition) is 0. The maximum Gasteiger partial charge on any atom is 0.309 e. The van der Waals surface area contributed by atoms with Crippen LogP contribution in [0.2, 0.25) is 0 Å². The van der Waals surface area contributed by atoms with Crippen molar-refractivity contribution in [2.75, 3.05) is 0 Å². The summed E-state index contributed by atoms with van der Waals surface area (Å²) in [5.74, 6) is -0.556. The highest BCUT2D eigenvalue weighted by Gasteiger charge is 2.55. The van der Waals surface area contributed by atoms with Crippen molar-refractivity contribution in [3.63, 3.8) is 0 Å². The van der Waals surface area contributed by atoms with Crippen LogP contribution in [0.5, 0.6) is 0 Å². The molecule has 3 rings (SSSR count). The van der Waals surface area contributed by atoms with E-state index in [1.165, 1.54) is 0 Å². The lowest BCUT2D eigenvalue weighted by Crippen LogP contribution is -2.38. The van der Waals surface area contributed by atoms with E-state index in [0.29, 0.717) is 0 Å². The Morgan fingerprint density at radius 1 is 1.21 bits per heavy atom. The minimum absolute atomic E-state index is 0.0405.